The molecule has 0 aliphatic carbocycles. The van der Waals surface area contributed by atoms with Gasteiger partial charge in [-0.3, -0.25) is 4.90 Å². The van der Waals surface area contributed by atoms with Gasteiger partial charge in [-0.1, -0.05) is 32.0 Å². The Labute approximate surface area is 133 Å². The fraction of sp³-hybridized carbons (Fsp3) is 0.667. The van der Waals surface area contributed by atoms with Crippen LogP contribution in [-0.4, -0.2) is 41.4 Å². The molecular formula is C18H28N2S. The zero-order valence-electron chi connectivity index (χ0n) is 13.6. The molecule has 1 aromatic carbocycles. The van der Waals surface area contributed by atoms with E-state index in [0.29, 0.717) is 11.6 Å². The molecule has 3 unspecified atom stereocenters. The van der Waals surface area contributed by atoms with E-state index in [9.17, 15) is 0 Å². The first kappa shape index (κ1) is 15.4. The van der Waals surface area contributed by atoms with E-state index in [1.54, 1.807) is 5.56 Å². The summed E-state index contributed by atoms with van der Waals surface area (Å²) < 4.78 is 0. The third-order valence-electron chi connectivity index (χ3n) is 5.24. The van der Waals surface area contributed by atoms with Crippen LogP contribution in [0.1, 0.15) is 39.2 Å². The SMILES string of the molecule is CCC1CNC(C)(CC)CN1CC1Cc2ccccc2S1. The standard InChI is InChI=1S/C18H28N2S/c1-4-15-11-19-18(3,5-2)13-20(15)12-16-10-14-8-6-7-9-17(14)21-16/h6-9,15-16,19H,4-5,10-13H2,1-3H3. The third-order valence-corrected chi connectivity index (χ3v) is 6.54. The van der Waals surface area contributed by atoms with Crippen molar-refractivity contribution in [2.24, 2.45) is 0 Å². The highest BCUT2D eigenvalue weighted by atomic mass is 32.2. The molecule has 3 rings (SSSR count). The molecule has 0 radical (unpaired) electrons. The summed E-state index contributed by atoms with van der Waals surface area (Å²) in [6.45, 7) is 10.6. The van der Waals surface area contributed by atoms with Crippen molar-refractivity contribution in [1.82, 2.24) is 10.2 Å². The first-order valence-electron chi connectivity index (χ1n) is 8.37. The van der Waals surface area contributed by atoms with Gasteiger partial charge in [-0.15, -0.1) is 11.8 Å². The van der Waals surface area contributed by atoms with E-state index < -0.39 is 0 Å². The van der Waals surface area contributed by atoms with Gasteiger partial charge < -0.3 is 5.32 Å². The molecule has 1 fully saturated rings. The van der Waals surface area contributed by atoms with E-state index in [2.05, 4.69) is 67.0 Å². The van der Waals surface area contributed by atoms with Crippen LogP contribution in [0.2, 0.25) is 0 Å². The third kappa shape index (κ3) is 3.30. The van der Waals surface area contributed by atoms with Crippen molar-refractivity contribution in [3.05, 3.63) is 29.8 Å². The average Bonchev–Trinajstić information content (AvgIpc) is 2.90. The largest absolute Gasteiger partial charge is 0.309 e. The van der Waals surface area contributed by atoms with Gasteiger partial charge in [0.15, 0.2) is 0 Å². The summed E-state index contributed by atoms with van der Waals surface area (Å²) in [7, 11) is 0. The van der Waals surface area contributed by atoms with Gasteiger partial charge in [0.05, 0.1) is 0 Å². The minimum Gasteiger partial charge on any atom is -0.309 e. The summed E-state index contributed by atoms with van der Waals surface area (Å²) in [4.78, 5) is 4.26. The van der Waals surface area contributed by atoms with Crippen molar-refractivity contribution in [1.29, 1.82) is 0 Å². The van der Waals surface area contributed by atoms with Crippen LogP contribution in [0, 0.1) is 0 Å². The Kier molecular flexibility index (Phi) is 4.63. The summed E-state index contributed by atoms with van der Waals surface area (Å²) in [6.07, 6.45) is 3.69. The lowest BCUT2D eigenvalue weighted by Crippen LogP contribution is -2.63. The Morgan fingerprint density at radius 3 is 2.86 bits per heavy atom. The Balaban J connectivity index is 1.66. The number of rotatable bonds is 4. The molecule has 0 amide bonds. The fourth-order valence-corrected chi connectivity index (χ4v) is 4.94. The molecule has 2 nitrogen and oxygen atoms in total. The van der Waals surface area contributed by atoms with Gasteiger partial charge in [-0.25, -0.2) is 0 Å². The lowest BCUT2D eigenvalue weighted by molar-refractivity contribution is 0.0827. The zero-order valence-corrected chi connectivity index (χ0v) is 14.4. The number of piperazine rings is 1. The van der Waals surface area contributed by atoms with E-state index in [4.69, 9.17) is 0 Å². The molecule has 2 aliphatic heterocycles. The predicted molar refractivity (Wildman–Crippen MR) is 92.1 cm³/mol. The molecular weight excluding hydrogens is 276 g/mol. The number of nitrogens with one attached hydrogen (secondary N) is 1. The second-order valence-electron chi connectivity index (χ2n) is 6.84. The number of hydrogen-bond acceptors (Lipinski definition) is 3. The van der Waals surface area contributed by atoms with Gasteiger partial charge in [0.1, 0.15) is 0 Å². The zero-order chi connectivity index (χ0) is 14.9. The Morgan fingerprint density at radius 1 is 1.33 bits per heavy atom. The minimum atomic E-state index is 0.293. The van der Waals surface area contributed by atoms with Gasteiger partial charge in [0.25, 0.3) is 0 Å². The molecule has 1 aromatic rings. The molecule has 3 atom stereocenters. The summed E-state index contributed by atoms with van der Waals surface area (Å²) in [6, 6.07) is 9.63. The number of nitrogens with zero attached hydrogens (tertiary/aromatic N) is 1. The molecule has 0 saturated carbocycles. The number of fused-ring (bicyclic) bond motifs is 1. The van der Waals surface area contributed by atoms with Crippen molar-refractivity contribution in [2.75, 3.05) is 19.6 Å². The van der Waals surface area contributed by atoms with E-state index >= 15 is 0 Å². The van der Waals surface area contributed by atoms with Crippen LogP contribution in [0.5, 0.6) is 0 Å². The highest BCUT2D eigenvalue weighted by molar-refractivity contribution is 8.00. The Hall–Kier alpha value is -0.510. The lowest BCUT2D eigenvalue weighted by Gasteiger charge is -2.46. The first-order valence-corrected chi connectivity index (χ1v) is 9.25. The maximum atomic E-state index is 3.77. The van der Waals surface area contributed by atoms with Gasteiger partial charge in [0, 0.05) is 41.4 Å². The first-order chi connectivity index (χ1) is 10.1. The van der Waals surface area contributed by atoms with Crippen LogP contribution in [0.15, 0.2) is 29.2 Å². The highest BCUT2D eigenvalue weighted by Gasteiger charge is 2.35. The fourth-order valence-electron chi connectivity index (χ4n) is 3.60. The molecule has 2 aliphatic rings. The second kappa shape index (κ2) is 6.31. The van der Waals surface area contributed by atoms with E-state index in [-0.39, 0.29) is 0 Å². The summed E-state index contributed by atoms with van der Waals surface area (Å²) in [5, 5.41) is 4.50. The summed E-state index contributed by atoms with van der Waals surface area (Å²) in [5.74, 6) is 0. The molecule has 0 bridgehead atoms. The average molecular weight is 305 g/mol. The van der Waals surface area contributed by atoms with E-state index in [0.717, 1.165) is 11.8 Å². The molecule has 0 aromatic heterocycles. The summed E-state index contributed by atoms with van der Waals surface area (Å²) in [5.41, 5.74) is 1.84. The topological polar surface area (TPSA) is 15.3 Å². The van der Waals surface area contributed by atoms with Crippen molar-refractivity contribution in [3.8, 4) is 0 Å². The molecule has 1 N–H and O–H groups in total. The molecule has 3 heteroatoms. The second-order valence-corrected chi connectivity index (χ2v) is 8.18. The van der Waals surface area contributed by atoms with Gasteiger partial charge in [0.2, 0.25) is 0 Å². The lowest BCUT2D eigenvalue weighted by atomic mass is 9.92. The predicted octanol–water partition coefficient (Wildman–Crippen LogP) is 3.56. The molecule has 1 saturated heterocycles. The van der Waals surface area contributed by atoms with Crippen molar-refractivity contribution >= 4 is 11.8 Å². The van der Waals surface area contributed by atoms with Crippen molar-refractivity contribution < 1.29 is 0 Å². The van der Waals surface area contributed by atoms with E-state index in [1.807, 2.05) is 0 Å². The van der Waals surface area contributed by atoms with Gasteiger partial charge in [-0.05, 0) is 37.8 Å². The van der Waals surface area contributed by atoms with Gasteiger partial charge >= 0.3 is 0 Å². The molecule has 2 heterocycles. The summed E-state index contributed by atoms with van der Waals surface area (Å²) >= 11 is 2.09. The molecule has 0 spiro atoms. The molecule has 21 heavy (non-hydrogen) atoms. The van der Waals surface area contributed by atoms with Crippen LogP contribution in [0.4, 0.5) is 0 Å². The number of hydrogen-bond donors (Lipinski definition) is 1. The van der Waals surface area contributed by atoms with Crippen LogP contribution in [-0.2, 0) is 6.42 Å². The Bertz CT molecular complexity index is 465. The van der Waals surface area contributed by atoms with Gasteiger partial charge in [-0.2, -0.15) is 0 Å². The number of benzene rings is 1. The van der Waals surface area contributed by atoms with Crippen molar-refractivity contribution in [3.63, 3.8) is 0 Å². The quantitative estimate of drug-likeness (QED) is 0.916. The smallest absolute Gasteiger partial charge is 0.0278 e. The normalized spacial score (nSPS) is 33.1. The van der Waals surface area contributed by atoms with Crippen molar-refractivity contribution in [2.45, 2.75) is 61.8 Å². The highest BCUT2D eigenvalue weighted by Crippen LogP contribution is 2.37. The van der Waals surface area contributed by atoms with Crippen LogP contribution >= 0.6 is 11.8 Å². The Morgan fingerprint density at radius 2 is 2.14 bits per heavy atom. The maximum Gasteiger partial charge on any atom is 0.0278 e. The van der Waals surface area contributed by atoms with Crippen LogP contribution < -0.4 is 5.32 Å². The van der Waals surface area contributed by atoms with Crippen LogP contribution in [0.25, 0.3) is 0 Å². The minimum absolute atomic E-state index is 0.293. The van der Waals surface area contributed by atoms with E-state index in [1.165, 1.54) is 37.2 Å². The maximum absolute atomic E-state index is 3.77. The van der Waals surface area contributed by atoms with Crippen LogP contribution in [0.3, 0.4) is 0 Å². The monoisotopic (exact) mass is 304 g/mol. The number of thioether (sulfide) groups is 1. The molecule has 116 valence electrons.